The minimum atomic E-state index is -0.805. The summed E-state index contributed by atoms with van der Waals surface area (Å²) in [7, 11) is 0. The van der Waals surface area contributed by atoms with Gasteiger partial charge in [-0.3, -0.25) is 14.9 Å². The van der Waals surface area contributed by atoms with Crippen molar-refractivity contribution in [2.75, 3.05) is 5.32 Å². The molecule has 0 saturated heterocycles. The zero-order valence-corrected chi connectivity index (χ0v) is 13.5. The van der Waals surface area contributed by atoms with Crippen LogP contribution in [0.2, 0.25) is 0 Å². The topological polar surface area (TPSA) is 105 Å². The van der Waals surface area contributed by atoms with Crippen LogP contribution in [-0.4, -0.2) is 27.0 Å². The maximum Gasteiger partial charge on any atom is 0.312 e. The average Bonchev–Trinajstić information content (AvgIpc) is 2.40. The smallest absolute Gasteiger partial charge is 0.312 e. The molecule has 0 aliphatic heterocycles. The van der Waals surface area contributed by atoms with Crippen LogP contribution in [0.25, 0.3) is 0 Å². The van der Waals surface area contributed by atoms with E-state index < -0.39 is 10.9 Å². The normalized spacial score (nSPS) is 13.5. The van der Waals surface area contributed by atoms with E-state index in [0.29, 0.717) is 17.3 Å². The quantitative estimate of drug-likeness (QED) is 0.543. The van der Waals surface area contributed by atoms with Crippen LogP contribution in [-0.2, 0) is 4.79 Å². The van der Waals surface area contributed by atoms with Crippen molar-refractivity contribution in [2.45, 2.75) is 39.2 Å². The van der Waals surface area contributed by atoms with Crippen LogP contribution in [0.15, 0.2) is 16.7 Å². The molecular weight excluding hydrogens is 342 g/mol. The lowest BCUT2D eigenvalue weighted by Crippen LogP contribution is -2.18. The summed E-state index contributed by atoms with van der Waals surface area (Å²) in [6.07, 6.45) is 3.52. The number of carboxylic acid groups (broad SMARTS) is 1. The molecule has 0 radical (unpaired) electrons. The van der Waals surface area contributed by atoms with Crippen LogP contribution < -0.4 is 5.32 Å². The Labute approximate surface area is 131 Å². The Morgan fingerprint density at radius 2 is 2.19 bits per heavy atom. The molecule has 0 amide bonds. The molecule has 2 unspecified atom stereocenters. The predicted molar refractivity (Wildman–Crippen MR) is 82.3 cm³/mol. The Hall–Kier alpha value is -1.70. The summed E-state index contributed by atoms with van der Waals surface area (Å²) in [6.45, 7) is 3.56. The number of pyridine rings is 1. The molecule has 2 N–H and O–H groups in total. The number of anilines is 1. The predicted octanol–water partition coefficient (Wildman–Crippen LogP) is 3.44. The maximum absolute atomic E-state index is 11.0. The van der Waals surface area contributed by atoms with Crippen LogP contribution in [0, 0.1) is 16.0 Å². The summed E-state index contributed by atoms with van der Waals surface area (Å²) in [5.41, 5.74) is -0.0878. The molecular formula is C13H18BrN3O4. The standard InChI is InChI=1S/C13H18BrN3O4/c1-8(13(18)19)4-3-5-9(2)16-12-11(17(20)21)6-10(14)7-15-12/h6-9H,3-5H2,1-2H3,(H,15,16)(H,18,19). The highest BCUT2D eigenvalue weighted by Crippen LogP contribution is 2.26. The number of nitro groups is 1. The first-order chi connectivity index (χ1) is 9.81. The second kappa shape index (κ2) is 7.92. The molecule has 2 atom stereocenters. The third-order valence-electron chi connectivity index (χ3n) is 3.11. The Balaban J connectivity index is 2.57. The van der Waals surface area contributed by atoms with Gasteiger partial charge in [0.2, 0.25) is 5.82 Å². The molecule has 0 saturated carbocycles. The van der Waals surface area contributed by atoms with E-state index in [1.807, 2.05) is 6.92 Å². The molecule has 0 bridgehead atoms. The molecule has 1 rings (SSSR count). The molecule has 0 aliphatic rings. The first kappa shape index (κ1) is 17.4. The van der Waals surface area contributed by atoms with Gasteiger partial charge in [-0.25, -0.2) is 4.98 Å². The molecule has 1 heterocycles. The molecule has 21 heavy (non-hydrogen) atoms. The van der Waals surface area contributed by atoms with E-state index >= 15 is 0 Å². The highest BCUT2D eigenvalue weighted by molar-refractivity contribution is 9.10. The molecule has 0 spiro atoms. The first-order valence-corrected chi connectivity index (χ1v) is 7.39. The van der Waals surface area contributed by atoms with Crippen molar-refractivity contribution in [3.8, 4) is 0 Å². The summed E-state index contributed by atoms with van der Waals surface area (Å²) >= 11 is 3.15. The van der Waals surface area contributed by atoms with Gasteiger partial charge in [-0.2, -0.15) is 0 Å². The van der Waals surface area contributed by atoms with E-state index in [4.69, 9.17) is 5.11 Å². The molecule has 8 heteroatoms. The fourth-order valence-electron chi connectivity index (χ4n) is 1.84. The third kappa shape index (κ3) is 5.66. The van der Waals surface area contributed by atoms with Crippen LogP contribution >= 0.6 is 15.9 Å². The number of hydrogen-bond donors (Lipinski definition) is 2. The van der Waals surface area contributed by atoms with Gasteiger partial charge in [0.25, 0.3) is 0 Å². The largest absolute Gasteiger partial charge is 0.481 e. The van der Waals surface area contributed by atoms with Crippen molar-refractivity contribution >= 4 is 33.4 Å². The highest BCUT2D eigenvalue weighted by Gasteiger charge is 2.18. The molecule has 0 aliphatic carbocycles. The number of aliphatic carboxylic acids is 1. The zero-order valence-electron chi connectivity index (χ0n) is 11.9. The van der Waals surface area contributed by atoms with Crippen molar-refractivity contribution < 1.29 is 14.8 Å². The second-order valence-corrected chi connectivity index (χ2v) is 5.91. The van der Waals surface area contributed by atoms with E-state index in [1.54, 1.807) is 6.92 Å². The lowest BCUT2D eigenvalue weighted by molar-refractivity contribution is -0.384. The monoisotopic (exact) mass is 359 g/mol. The first-order valence-electron chi connectivity index (χ1n) is 6.60. The van der Waals surface area contributed by atoms with Gasteiger partial charge in [0.1, 0.15) is 0 Å². The number of halogens is 1. The van der Waals surface area contributed by atoms with Gasteiger partial charge in [-0.15, -0.1) is 0 Å². The summed E-state index contributed by atoms with van der Waals surface area (Å²) in [5, 5.41) is 22.8. The Morgan fingerprint density at radius 1 is 1.52 bits per heavy atom. The molecule has 0 fully saturated rings. The van der Waals surface area contributed by atoms with E-state index in [-0.39, 0.29) is 23.5 Å². The lowest BCUT2D eigenvalue weighted by Gasteiger charge is -2.15. The Bertz CT molecular complexity index is 524. The Kier molecular flexibility index (Phi) is 6.54. The molecule has 1 aromatic rings. The number of hydrogen-bond acceptors (Lipinski definition) is 5. The van der Waals surface area contributed by atoms with Gasteiger partial charge in [-0.1, -0.05) is 13.3 Å². The minimum absolute atomic E-state index is 0.0293. The van der Waals surface area contributed by atoms with Crippen molar-refractivity contribution in [3.05, 3.63) is 26.9 Å². The van der Waals surface area contributed by atoms with Crippen LogP contribution in [0.3, 0.4) is 0 Å². The fraction of sp³-hybridized carbons (Fsp3) is 0.538. The highest BCUT2D eigenvalue weighted by atomic mass is 79.9. The second-order valence-electron chi connectivity index (χ2n) is 4.99. The lowest BCUT2D eigenvalue weighted by atomic mass is 10.0. The molecule has 0 aromatic carbocycles. The van der Waals surface area contributed by atoms with Crippen molar-refractivity contribution in [1.82, 2.24) is 4.98 Å². The minimum Gasteiger partial charge on any atom is -0.481 e. The number of nitrogens with zero attached hydrogens (tertiary/aromatic N) is 2. The maximum atomic E-state index is 11.0. The summed E-state index contributed by atoms with van der Waals surface area (Å²) < 4.78 is 0.544. The van der Waals surface area contributed by atoms with Gasteiger partial charge in [0, 0.05) is 22.8 Å². The number of rotatable bonds is 8. The summed E-state index contributed by atoms with van der Waals surface area (Å²) in [6, 6.07) is 1.37. The fourth-order valence-corrected chi connectivity index (χ4v) is 2.16. The average molecular weight is 360 g/mol. The van der Waals surface area contributed by atoms with Gasteiger partial charge in [0.15, 0.2) is 0 Å². The third-order valence-corrected chi connectivity index (χ3v) is 3.54. The summed E-state index contributed by atoms with van der Waals surface area (Å²) in [5.74, 6) is -0.958. The molecule has 1 aromatic heterocycles. The summed E-state index contributed by atoms with van der Waals surface area (Å²) in [4.78, 5) is 25.2. The van der Waals surface area contributed by atoms with Crippen LogP contribution in [0.4, 0.5) is 11.5 Å². The van der Waals surface area contributed by atoms with Gasteiger partial charge < -0.3 is 10.4 Å². The molecule has 7 nitrogen and oxygen atoms in total. The van der Waals surface area contributed by atoms with Crippen molar-refractivity contribution in [3.63, 3.8) is 0 Å². The van der Waals surface area contributed by atoms with Gasteiger partial charge in [0.05, 0.1) is 10.8 Å². The van der Waals surface area contributed by atoms with Crippen LogP contribution in [0.5, 0.6) is 0 Å². The van der Waals surface area contributed by atoms with Crippen molar-refractivity contribution in [2.24, 2.45) is 5.92 Å². The molecule has 116 valence electrons. The number of carboxylic acids is 1. The number of carbonyl (C=O) groups is 1. The number of nitrogens with one attached hydrogen (secondary N) is 1. The van der Waals surface area contributed by atoms with E-state index in [9.17, 15) is 14.9 Å². The Morgan fingerprint density at radius 3 is 2.76 bits per heavy atom. The van der Waals surface area contributed by atoms with E-state index in [1.165, 1.54) is 12.3 Å². The van der Waals surface area contributed by atoms with E-state index in [2.05, 4.69) is 26.2 Å². The SMILES string of the molecule is CC(CCCC(C)C(=O)O)Nc1ncc(Br)cc1[N+](=O)[O-]. The van der Waals surface area contributed by atoms with Gasteiger partial charge in [-0.05, 0) is 35.7 Å². The zero-order chi connectivity index (χ0) is 16.0. The van der Waals surface area contributed by atoms with Gasteiger partial charge >= 0.3 is 11.7 Å². The van der Waals surface area contributed by atoms with Crippen molar-refractivity contribution in [1.29, 1.82) is 0 Å². The number of aromatic nitrogens is 1. The van der Waals surface area contributed by atoms with E-state index in [0.717, 1.165) is 6.42 Å². The van der Waals surface area contributed by atoms with Crippen LogP contribution in [0.1, 0.15) is 33.1 Å².